The van der Waals surface area contributed by atoms with Crippen LogP contribution in [0.2, 0.25) is 0 Å². The first kappa shape index (κ1) is 14.5. The van der Waals surface area contributed by atoms with Gasteiger partial charge in [-0.3, -0.25) is 4.90 Å². The second-order valence-electron chi connectivity index (χ2n) is 9.12. The van der Waals surface area contributed by atoms with Gasteiger partial charge in [-0.15, -0.1) is 0 Å². The van der Waals surface area contributed by atoms with E-state index in [-0.39, 0.29) is 6.10 Å². The number of rotatable bonds is 3. The van der Waals surface area contributed by atoms with Crippen LogP contribution < -0.4 is 0 Å². The molecule has 1 heterocycles. The first-order valence-electron chi connectivity index (χ1n) is 9.49. The Morgan fingerprint density at radius 3 is 1.90 bits per heavy atom. The molecule has 4 bridgehead atoms. The molecule has 1 N–H and O–H groups in total. The maximum absolute atomic E-state index is 11.2. The van der Waals surface area contributed by atoms with Crippen LogP contribution in [0.25, 0.3) is 0 Å². The van der Waals surface area contributed by atoms with Gasteiger partial charge in [-0.25, -0.2) is 0 Å². The summed E-state index contributed by atoms with van der Waals surface area (Å²) in [5, 5.41) is 11.2. The van der Waals surface area contributed by atoms with Gasteiger partial charge in [-0.1, -0.05) is 6.42 Å². The number of hydrogen-bond acceptors (Lipinski definition) is 2. The Morgan fingerprint density at radius 1 is 0.952 bits per heavy atom. The fraction of sp³-hybridized carbons (Fsp3) is 1.00. The van der Waals surface area contributed by atoms with Gasteiger partial charge in [0.1, 0.15) is 0 Å². The van der Waals surface area contributed by atoms with Crippen molar-refractivity contribution in [2.75, 3.05) is 6.54 Å². The van der Waals surface area contributed by atoms with E-state index in [0.29, 0.717) is 17.5 Å². The molecule has 1 unspecified atom stereocenters. The lowest BCUT2D eigenvalue weighted by atomic mass is 9.48. The molecule has 21 heavy (non-hydrogen) atoms. The Balaban J connectivity index is 1.48. The third-order valence-corrected chi connectivity index (χ3v) is 7.55. The van der Waals surface area contributed by atoms with Gasteiger partial charge >= 0.3 is 0 Å². The van der Waals surface area contributed by atoms with Crippen molar-refractivity contribution >= 4 is 0 Å². The zero-order valence-corrected chi connectivity index (χ0v) is 13.9. The minimum absolute atomic E-state index is 0.0751. The number of aliphatic hydroxyl groups is 1. The van der Waals surface area contributed by atoms with E-state index in [4.69, 9.17) is 0 Å². The molecule has 0 spiro atoms. The highest BCUT2D eigenvalue weighted by molar-refractivity contribution is 5.05. The fourth-order valence-corrected chi connectivity index (χ4v) is 6.81. The first-order chi connectivity index (χ1) is 10.1. The van der Waals surface area contributed by atoms with Gasteiger partial charge in [0.05, 0.1) is 6.10 Å². The summed E-state index contributed by atoms with van der Waals surface area (Å²) in [5.74, 6) is 2.84. The minimum Gasteiger partial charge on any atom is -0.391 e. The van der Waals surface area contributed by atoms with Crippen molar-refractivity contribution in [2.24, 2.45) is 23.2 Å². The molecule has 120 valence electrons. The average Bonchev–Trinajstić information content (AvgIpc) is 2.41. The lowest BCUT2D eigenvalue weighted by Gasteiger charge is -2.59. The molecule has 0 radical (unpaired) electrons. The lowest BCUT2D eigenvalue weighted by molar-refractivity contribution is -0.132. The van der Waals surface area contributed by atoms with Gasteiger partial charge in [-0.2, -0.15) is 0 Å². The molecule has 2 nitrogen and oxygen atoms in total. The first-order valence-corrected chi connectivity index (χ1v) is 9.49. The van der Waals surface area contributed by atoms with Crippen LogP contribution in [-0.4, -0.2) is 34.7 Å². The monoisotopic (exact) mass is 291 g/mol. The summed E-state index contributed by atoms with van der Waals surface area (Å²) < 4.78 is 0. The Bertz CT molecular complexity index is 348. The van der Waals surface area contributed by atoms with Crippen molar-refractivity contribution in [2.45, 2.75) is 89.8 Å². The van der Waals surface area contributed by atoms with E-state index >= 15 is 0 Å². The predicted molar refractivity (Wildman–Crippen MR) is 86.1 cm³/mol. The summed E-state index contributed by atoms with van der Waals surface area (Å²) in [4.78, 5) is 2.62. The maximum atomic E-state index is 11.2. The fourth-order valence-electron chi connectivity index (χ4n) is 6.81. The molecular formula is C19H33NO. The molecule has 5 aliphatic rings. The molecule has 1 saturated heterocycles. The molecule has 0 aromatic carbocycles. The third-order valence-electron chi connectivity index (χ3n) is 7.55. The van der Waals surface area contributed by atoms with Crippen LogP contribution in [-0.2, 0) is 0 Å². The molecule has 0 amide bonds. The molecule has 1 aliphatic heterocycles. The van der Waals surface area contributed by atoms with Crippen molar-refractivity contribution in [1.82, 2.24) is 4.90 Å². The van der Waals surface area contributed by atoms with Gasteiger partial charge < -0.3 is 5.11 Å². The molecule has 0 aromatic heterocycles. The summed E-state index contributed by atoms with van der Waals surface area (Å²) in [5.41, 5.74) is 0.297. The number of hydrogen-bond donors (Lipinski definition) is 1. The summed E-state index contributed by atoms with van der Waals surface area (Å²) in [6.07, 6.45) is 12.3. The molecule has 0 aromatic rings. The Labute approximate surface area is 130 Å². The Morgan fingerprint density at radius 2 is 1.43 bits per heavy atom. The number of nitrogens with zero attached hydrogens (tertiary/aromatic N) is 1. The van der Waals surface area contributed by atoms with E-state index in [1.807, 2.05) is 0 Å². The summed E-state index contributed by atoms with van der Waals surface area (Å²) >= 11 is 0. The topological polar surface area (TPSA) is 23.5 Å². The zero-order valence-electron chi connectivity index (χ0n) is 13.9. The van der Waals surface area contributed by atoms with Crippen LogP contribution in [0.4, 0.5) is 0 Å². The smallest absolute Gasteiger partial charge is 0.0723 e. The maximum Gasteiger partial charge on any atom is 0.0723 e. The van der Waals surface area contributed by atoms with Crippen LogP contribution in [0.3, 0.4) is 0 Å². The largest absolute Gasteiger partial charge is 0.391 e. The van der Waals surface area contributed by atoms with Gasteiger partial charge in [-0.05, 0) is 88.4 Å². The van der Waals surface area contributed by atoms with Crippen LogP contribution in [0, 0.1) is 23.2 Å². The third kappa shape index (κ3) is 2.47. The van der Waals surface area contributed by atoms with Crippen LogP contribution >= 0.6 is 0 Å². The van der Waals surface area contributed by atoms with Crippen LogP contribution in [0.5, 0.6) is 0 Å². The number of β-amino-alcohol motifs (C(OH)–C–C–N with tert-alkyl or cyclic N) is 1. The number of aliphatic hydroxyl groups excluding tert-OH is 1. The highest BCUT2D eigenvalue weighted by atomic mass is 16.3. The van der Waals surface area contributed by atoms with Gasteiger partial charge in [0.2, 0.25) is 0 Å². The van der Waals surface area contributed by atoms with Crippen LogP contribution in [0.1, 0.15) is 71.6 Å². The van der Waals surface area contributed by atoms with Crippen molar-refractivity contribution in [1.29, 1.82) is 0 Å². The van der Waals surface area contributed by atoms with E-state index in [1.54, 1.807) is 0 Å². The normalized spacial score (nSPS) is 51.3. The van der Waals surface area contributed by atoms with Crippen molar-refractivity contribution in [3.63, 3.8) is 0 Å². The average molecular weight is 291 g/mol. The molecule has 2 heteroatoms. The lowest BCUT2D eigenvalue weighted by Crippen LogP contribution is -2.56. The number of likely N-dealkylation sites (tertiary alicyclic amines) is 1. The van der Waals surface area contributed by atoms with Gasteiger partial charge in [0, 0.05) is 18.6 Å². The molecule has 4 aliphatic carbocycles. The minimum atomic E-state index is -0.0751. The van der Waals surface area contributed by atoms with Gasteiger partial charge in [0.15, 0.2) is 0 Å². The zero-order chi connectivity index (χ0) is 14.6. The van der Waals surface area contributed by atoms with Crippen LogP contribution in [0.15, 0.2) is 0 Å². The van der Waals surface area contributed by atoms with E-state index < -0.39 is 0 Å². The molecule has 5 fully saturated rings. The highest BCUT2D eigenvalue weighted by Gasteiger charge is 2.54. The van der Waals surface area contributed by atoms with E-state index in [9.17, 15) is 5.11 Å². The summed E-state index contributed by atoms with van der Waals surface area (Å²) in [6.45, 7) is 5.67. The van der Waals surface area contributed by atoms with Crippen molar-refractivity contribution < 1.29 is 5.11 Å². The van der Waals surface area contributed by atoms with E-state index in [0.717, 1.165) is 24.3 Å². The molecule has 5 rings (SSSR count). The number of piperidine rings is 1. The summed E-state index contributed by atoms with van der Waals surface area (Å²) in [6, 6.07) is 1.33. The van der Waals surface area contributed by atoms with E-state index in [1.165, 1.54) is 57.8 Å². The summed E-state index contributed by atoms with van der Waals surface area (Å²) in [7, 11) is 0. The standard InChI is InChI=1S/C19H33NO/c1-13-4-3-5-14(2)20(13)12-18(21)19-9-15-6-16(10-19)8-17(7-15)11-19/h13-18,21H,3-12H2,1-2H3/t13-,14+,15?,16?,17?,18?,19?. The van der Waals surface area contributed by atoms with Gasteiger partial charge in [0.25, 0.3) is 0 Å². The molecule has 3 atom stereocenters. The Kier molecular flexibility index (Phi) is 3.61. The predicted octanol–water partition coefficient (Wildman–Crippen LogP) is 3.83. The Hall–Kier alpha value is -0.0800. The quantitative estimate of drug-likeness (QED) is 0.854. The second kappa shape index (κ2) is 5.23. The highest BCUT2D eigenvalue weighted by Crippen LogP contribution is 2.61. The molecule has 4 saturated carbocycles. The second-order valence-corrected chi connectivity index (χ2v) is 9.12. The SMILES string of the molecule is C[C@@H]1CCC[C@H](C)N1CC(O)C12CC3CC(CC(C3)C1)C2. The van der Waals surface area contributed by atoms with Crippen molar-refractivity contribution in [3.05, 3.63) is 0 Å². The van der Waals surface area contributed by atoms with E-state index in [2.05, 4.69) is 18.7 Å². The molecular weight excluding hydrogens is 258 g/mol. The van der Waals surface area contributed by atoms with Crippen molar-refractivity contribution in [3.8, 4) is 0 Å².